The van der Waals surface area contributed by atoms with E-state index in [-0.39, 0.29) is 5.91 Å². The number of carbonyl (C=O) groups is 1. The molecule has 2 N–H and O–H groups in total. The summed E-state index contributed by atoms with van der Waals surface area (Å²) in [4.78, 5) is 16.4. The number of nitrogens with one attached hydrogen (secondary N) is 1. The van der Waals surface area contributed by atoms with Crippen molar-refractivity contribution in [3.63, 3.8) is 0 Å². The van der Waals surface area contributed by atoms with Crippen LogP contribution in [0.1, 0.15) is 37.7 Å². The van der Waals surface area contributed by atoms with Gasteiger partial charge in [0.2, 0.25) is 11.0 Å². The van der Waals surface area contributed by atoms with Gasteiger partial charge in [0.15, 0.2) is 0 Å². The standard InChI is InChI=1S/C16H22N2O5S/c1-21-14-9-7-13(8-10-14)12-16-22-18(23-24-16)11-5-3-2-4-6-15(19)17-20/h7-10,12,20H,2-6,11H2,1H3,(H,17,19). The average molecular weight is 354 g/mol. The quantitative estimate of drug-likeness (QED) is 0.305. The van der Waals surface area contributed by atoms with Crippen molar-refractivity contribution in [2.45, 2.75) is 32.1 Å². The maximum absolute atomic E-state index is 10.9. The Morgan fingerprint density at radius 2 is 2.04 bits per heavy atom. The minimum absolute atomic E-state index is 0.342. The third kappa shape index (κ3) is 6.40. The Labute approximate surface area is 145 Å². The molecule has 24 heavy (non-hydrogen) atoms. The third-order valence-electron chi connectivity index (χ3n) is 3.41. The highest BCUT2D eigenvalue weighted by Gasteiger charge is 2.20. The highest BCUT2D eigenvalue weighted by atomic mass is 32.2. The summed E-state index contributed by atoms with van der Waals surface area (Å²) in [5.41, 5.74) is 2.63. The second-order valence-electron chi connectivity index (χ2n) is 5.24. The fourth-order valence-corrected chi connectivity index (χ4v) is 2.67. The summed E-state index contributed by atoms with van der Waals surface area (Å²) in [7, 11) is 1.64. The van der Waals surface area contributed by atoms with E-state index in [1.165, 1.54) is 17.3 Å². The molecule has 1 aromatic rings. The number of rotatable bonds is 9. The van der Waals surface area contributed by atoms with Gasteiger partial charge in [-0.2, -0.15) is 4.28 Å². The Morgan fingerprint density at radius 1 is 1.29 bits per heavy atom. The zero-order chi connectivity index (χ0) is 17.2. The molecule has 1 saturated heterocycles. The molecule has 0 unspecified atom stereocenters. The van der Waals surface area contributed by atoms with E-state index >= 15 is 0 Å². The summed E-state index contributed by atoms with van der Waals surface area (Å²) in [5.74, 6) is 0.470. The van der Waals surface area contributed by atoms with Gasteiger partial charge in [-0.15, -0.1) is 0 Å². The van der Waals surface area contributed by atoms with E-state index in [0.29, 0.717) is 18.1 Å². The minimum atomic E-state index is -0.342. The molecule has 0 atom stereocenters. The number of hydroxylamine groups is 3. The van der Waals surface area contributed by atoms with Crippen LogP contribution in [0.15, 0.2) is 29.4 Å². The molecule has 0 aliphatic carbocycles. The Balaban J connectivity index is 1.63. The number of ether oxygens (including phenoxy) is 1. The number of benzene rings is 1. The Hall–Kier alpha value is -1.74. The van der Waals surface area contributed by atoms with Crippen molar-refractivity contribution in [2.24, 2.45) is 0 Å². The monoisotopic (exact) mass is 354 g/mol. The Kier molecular flexibility index (Phi) is 7.90. The number of amides is 1. The van der Waals surface area contributed by atoms with Crippen LogP contribution < -0.4 is 10.2 Å². The number of methoxy groups -OCH3 is 1. The predicted molar refractivity (Wildman–Crippen MR) is 90.5 cm³/mol. The van der Waals surface area contributed by atoms with Crippen molar-refractivity contribution in [1.82, 2.24) is 10.7 Å². The van der Waals surface area contributed by atoms with Gasteiger partial charge in [0, 0.05) is 6.42 Å². The predicted octanol–water partition coefficient (Wildman–Crippen LogP) is 3.28. The van der Waals surface area contributed by atoms with Crippen LogP contribution in [-0.4, -0.2) is 30.0 Å². The maximum atomic E-state index is 10.9. The van der Waals surface area contributed by atoms with Crippen molar-refractivity contribution < 1.29 is 23.9 Å². The molecular formula is C16H22N2O5S. The van der Waals surface area contributed by atoms with Crippen molar-refractivity contribution >= 4 is 24.0 Å². The van der Waals surface area contributed by atoms with E-state index < -0.39 is 0 Å². The topological polar surface area (TPSA) is 80.3 Å². The van der Waals surface area contributed by atoms with Crippen molar-refractivity contribution in [3.8, 4) is 5.75 Å². The lowest BCUT2D eigenvalue weighted by molar-refractivity contribution is -0.259. The normalized spacial score (nSPS) is 16.2. The molecule has 0 saturated carbocycles. The van der Waals surface area contributed by atoms with Crippen LogP contribution in [-0.2, 0) is 13.9 Å². The molecule has 132 valence electrons. The van der Waals surface area contributed by atoms with Gasteiger partial charge in [0.05, 0.1) is 25.7 Å². The van der Waals surface area contributed by atoms with Crippen LogP contribution in [0.25, 0.3) is 6.08 Å². The first kappa shape index (κ1) is 18.6. The first-order valence-electron chi connectivity index (χ1n) is 7.80. The number of carbonyl (C=O) groups excluding carboxylic acids is 1. The molecule has 1 aliphatic rings. The summed E-state index contributed by atoms with van der Waals surface area (Å²) >= 11 is 1.18. The zero-order valence-electron chi connectivity index (χ0n) is 13.6. The van der Waals surface area contributed by atoms with Crippen LogP contribution in [0, 0.1) is 0 Å². The largest absolute Gasteiger partial charge is 0.497 e. The van der Waals surface area contributed by atoms with E-state index in [9.17, 15) is 4.79 Å². The fraction of sp³-hybridized carbons (Fsp3) is 0.438. The molecule has 1 aliphatic heterocycles. The second kappa shape index (κ2) is 10.2. The number of hydrogen-bond donors (Lipinski definition) is 2. The minimum Gasteiger partial charge on any atom is -0.497 e. The van der Waals surface area contributed by atoms with Gasteiger partial charge in [0.1, 0.15) is 5.75 Å². The van der Waals surface area contributed by atoms with Gasteiger partial charge >= 0.3 is 0 Å². The molecule has 2 rings (SSSR count). The van der Waals surface area contributed by atoms with Crippen LogP contribution >= 0.6 is 12.0 Å². The summed E-state index contributed by atoms with van der Waals surface area (Å²) in [6.45, 7) is 0.652. The van der Waals surface area contributed by atoms with Gasteiger partial charge in [-0.1, -0.05) is 25.0 Å². The van der Waals surface area contributed by atoms with Crippen LogP contribution in [0.2, 0.25) is 0 Å². The zero-order valence-corrected chi connectivity index (χ0v) is 14.4. The average Bonchev–Trinajstić information content (AvgIpc) is 3.05. The summed E-state index contributed by atoms with van der Waals surface area (Å²) < 4.78 is 10.5. The molecule has 0 spiro atoms. The highest BCUT2D eigenvalue weighted by Crippen LogP contribution is 2.31. The molecule has 0 radical (unpaired) electrons. The van der Waals surface area contributed by atoms with Crippen molar-refractivity contribution in [3.05, 3.63) is 34.9 Å². The molecule has 1 fully saturated rings. The molecule has 0 bridgehead atoms. The molecule has 7 nitrogen and oxygen atoms in total. The lowest BCUT2D eigenvalue weighted by Crippen LogP contribution is -2.18. The smallest absolute Gasteiger partial charge is 0.243 e. The maximum Gasteiger partial charge on any atom is 0.243 e. The number of unbranched alkanes of at least 4 members (excludes halogenated alkanes) is 3. The van der Waals surface area contributed by atoms with Gasteiger partial charge < -0.3 is 9.57 Å². The second-order valence-corrected chi connectivity index (χ2v) is 5.96. The lowest BCUT2D eigenvalue weighted by Gasteiger charge is -2.10. The lowest BCUT2D eigenvalue weighted by atomic mass is 10.1. The van der Waals surface area contributed by atoms with E-state index in [0.717, 1.165) is 37.0 Å². The third-order valence-corrected chi connectivity index (χ3v) is 4.01. The summed E-state index contributed by atoms with van der Waals surface area (Å²) in [6.07, 6.45) is 5.78. The molecular weight excluding hydrogens is 332 g/mol. The van der Waals surface area contributed by atoms with Crippen LogP contribution in [0.3, 0.4) is 0 Å². The first-order valence-corrected chi connectivity index (χ1v) is 8.54. The SMILES string of the molecule is COc1ccc(C=C2ON(CCCCCCC(=O)NO)OS2)cc1. The number of hydrogen-bond acceptors (Lipinski definition) is 7. The van der Waals surface area contributed by atoms with Crippen LogP contribution in [0.5, 0.6) is 5.75 Å². The molecule has 0 aromatic heterocycles. The molecule has 1 heterocycles. The summed E-state index contributed by atoms with van der Waals surface area (Å²) in [6, 6.07) is 7.67. The van der Waals surface area contributed by atoms with Crippen molar-refractivity contribution in [1.29, 1.82) is 0 Å². The van der Waals surface area contributed by atoms with E-state index in [1.54, 1.807) is 12.6 Å². The van der Waals surface area contributed by atoms with Crippen LogP contribution in [0.4, 0.5) is 0 Å². The van der Waals surface area contributed by atoms with Gasteiger partial charge in [-0.25, -0.2) is 5.48 Å². The van der Waals surface area contributed by atoms with Gasteiger partial charge in [-0.3, -0.25) is 10.0 Å². The van der Waals surface area contributed by atoms with Crippen molar-refractivity contribution in [2.75, 3.05) is 13.7 Å². The molecule has 8 heteroatoms. The Morgan fingerprint density at radius 3 is 2.75 bits per heavy atom. The molecule has 1 aromatic carbocycles. The van der Waals surface area contributed by atoms with E-state index in [4.69, 9.17) is 19.1 Å². The highest BCUT2D eigenvalue weighted by molar-refractivity contribution is 7.98. The fourth-order valence-electron chi connectivity index (χ4n) is 2.11. The molecule has 1 amide bonds. The number of nitrogens with zero attached hydrogens (tertiary/aromatic N) is 1. The van der Waals surface area contributed by atoms with Gasteiger partial charge in [-0.05, 0) is 41.8 Å². The van der Waals surface area contributed by atoms with E-state index in [1.807, 2.05) is 30.3 Å². The Bertz CT molecular complexity index is 550. The first-order chi connectivity index (χ1) is 11.7. The van der Waals surface area contributed by atoms with Gasteiger partial charge in [0.25, 0.3) is 0 Å². The van der Waals surface area contributed by atoms with E-state index in [2.05, 4.69) is 0 Å². The summed E-state index contributed by atoms with van der Waals surface area (Å²) in [5, 5.41) is 10.5.